The Morgan fingerprint density at radius 3 is 2.32 bits per heavy atom. The molecular weight excluding hydrogens is 380 g/mol. The molecule has 0 saturated heterocycles. The number of benzene rings is 1. The highest BCUT2D eigenvalue weighted by molar-refractivity contribution is 9.10. The van der Waals surface area contributed by atoms with Gasteiger partial charge >= 0.3 is 5.97 Å². The summed E-state index contributed by atoms with van der Waals surface area (Å²) in [6, 6.07) is 19.2. The van der Waals surface area contributed by atoms with Crippen LogP contribution in [0.1, 0.15) is 28.3 Å². The highest BCUT2D eigenvalue weighted by Gasteiger charge is 2.06. The zero-order valence-electron chi connectivity index (χ0n) is 13.5. The maximum Gasteiger partial charge on any atom is 0.354 e. The molecule has 0 atom stereocenters. The van der Waals surface area contributed by atoms with E-state index in [1.54, 1.807) is 6.07 Å². The second-order valence-electron chi connectivity index (χ2n) is 5.70. The Morgan fingerprint density at radius 1 is 0.920 bits per heavy atom. The molecule has 0 aliphatic rings. The third-order valence-corrected chi connectivity index (χ3v) is 4.31. The van der Waals surface area contributed by atoms with Crippen LogP contribution in [0.15, 0.2) is 65.1 Å². The minimum absolute atomic E-state index is 0.0901. The molecule has 0 unspecified atom stereocenters. The van der Waals surface area contributed by atoms with Crippen LogP contribution in [-0.2, 0) is 12.8 Å². The van der Waals surface area contributed by atoms with Crippen LogP contribution < -0.4 is 0 Å². The van der Waals surface area contributed by atoms with E-state index in [-0.39, 0.29) is 5.69 Å². The summed E-state index contributed by atoms with van der Waals surface area (Å²) in [7, 11) is 0. The number of hydrogen-bond acceptors (Lipinski definition) is 3. The van der Waals surface area contributed by atoms with E-state index in [1.807, 2.05) is 48.5 Å². The summed E-state index contributed by atoms with van der Waals surface area (Å²) in [4.78, 5) is 19.8. The molecule has 126 valence electrons. The van der Waals surface area contributed by atoms with Gasteiger partial charge in [0.05, 0.1) is 5.69 Å². The van der Waals surface area contributed by atoms with Crippen LogP contribution in [0.3, 0.4) is 0 Å². The smallest absolute Gasteiger partial charge is 0.354 e. The van der Waals surface area contributed by atoms with Gasteiger partial charge in [-0.05, 0) is 55.7 Å². The number of hydrogen-bond donors (Lipinski definition) is 1. The lowest BCUT2D eigenvalue weighted by Gasteiger charge is -2.06. The molecule has 4 nitrogen and oxygen atoms in total. The molecule has 0 aliphatic carbocycles. The first-order valence-electron chi connectivity index (χ1n) is 8.03. The normalized spacial score (nSPS) is 10.6. The Bertz CT molecular complexity index is 896. The number of pyridine rings is 2. The van der Waals surface area contributed by atoms with Gasteiger partial charge in [-0.1, -0.05) is 40.2 Å². The zero-order chi connectivity index (χ0) is 17.6. The average molecular weight is 397 g/mol. The number of aromatic nitrogens is 2. The third kappa shape index (κ3) is 4.73. The molecule has 0 spiro atoms. The van der Waals surface area contributed by atoms with E-state index < -0.39 is 5.97 Å². The van der Waals surface area contributed by atoms with Crippen molar-refractivity contribution in [3.63, 3.8) is 0 Å². The SMILES string of the molecule is O=C(O)c1cccc(CCCc2cccc(-c3cccc(Br)c3)n2)n1. The minimum atomic E-state index is -0.995. The second kappa shape index (κ2) is 8.03. The van der Waals surface area contributed by atoms with Crippen LogP contribution in [0.5, 0.6) is 0 Å². The number of carbonyl (C=O) groups is 1. The largest absolute Gasteiger partial charge is 0.477 e. The molecular formula is C20H17BrN2O2. The third-order valence-electron chi connectivity index (χ3n) is 3.82. The molecule has 3 rings (SSSR count). The van der Waals surface area contributed by atoms with E-state index in [2.05, 4.69) is 20.9 Å². The average Bonchev–Trinajstić information content (AvgIpc) is 2.62. The predicted molar refractivity (Wildman–Crippen MR) is 101 cm³/mol. The lowest BCUT2D eigenvalue weighted by Crippen LogP contribution is -2.03. The number of rotatable bonds is 6. The van der Waals surface area contributed by atoms with Crippen molar-refractivity contribution in [3.8, 4) is 11.3 Å². The van der Waals surface area contributed by atoms with Crippen molar-refractivity contribution in [1.82, 2.24) is 9.97 Å². The van der Waals surface area contributed by atoms with Crippen molar-refractivity contribution < 1.29 is 9.90 Å². The van der Waals surface area contributed by atoms with Crippen molar-refractivity contribution >= 4 is 21.9 Å². The first-order valence-corrected chi connectivity index (χ1v) is 8.82. The topological polar surface area (TPSA) is 63.1 Å². The lowest BCUT2D eigenvalue weighted by atomic mass is 10.1. The zero-order valence-corrected chi connectivity index (χ0v) is 15.1. The molecule has 0 saturated carbocycles. The van der Waals surface area contributed by atoms with Crippen molar-refractivity contribution in [3.05, 3.63) is 82.2 Å². The molecule has 0 bridgehead atoms. The maximum absolute atomic E-state index is 11.0. The predicted octanol–water partition coefficient (Wildman–Crippen LogP) is 4.78. The summed E-state index contributed by atoms with van der Waals surface area (Å²) in [6.07, 6.45) is 2.41. The first kappa shape index (κ1) is 17.3. The standard InChI is InChI=1S/C20H17BrN2O2/c21-15-6-1-5-14(13-15)18-11-3-9-16(22-18)7-2-8-17-10-4-12-19(23-17)20(24)25/h1,3-6,9-13H,2,7-8H2,(H,24,25). The monoisotopic (exact) mass is 396 g/mol. The lowest BCUT2D eigenvalue weighted by molar-refractivity contribution is 0.0690. The van der Waals surface area contributed by atoms with Gasteiger partial charge in [0.2, 0.25) is 0 Å². The van der Waals surface area contributed by atoms with E-state index in [4.69, 9.17) is 10.1 Å². The number of nitrogens with zero attached hydrogens (tertiary/aromatic N) is 2. The highest BCUT2D eigenvalue weighted by atomic mass is 79.9. The Balaban J connectivity index is 1.65. The van der Waals surface area contributed by atoms with E-state index in [1.165, 1.54) is 6.07 Å². The van der Waals surface area contributed by atoms with Crippen LogP contribution in [-0.4, -0.2) is 21.0 Å². The summed E-state index contributed by atoms with van der Waals surface area (Å²) in [6.45, 7) is 0. The summed E-state index contributed by atoms with van der Waals surface area (Å²) in [5.41, 5.74) is 3.93. The quantitative estimate of drug-likeness (QED) is 0.650. The van der Waals surface area contributed by atoms with E-state index in [9.17, 15) is 4.79 Å². The van der Waals surface area contributed by atoms with Gasteiger partial charge in [0.15, 0.2) is 0 Å². The minimum Gasteiger partial charge on any atom is -0.477 e. The maximum atomic E-state index is 11.0. The molecule has 0 aliphatic heterocycles. The fourth-order valence-electron chi connectivity index (χ4n) is 2.62. The van der Waals surface area contributed by atoms with Crippen LogP contribution in [0, 0.1) is 0 Å². The van der Waals surface area contributed by atoms with Gasteiger partial charge in [-0.2, -0.15) is 0 Å². The summed E-state index contributed by atoms with van der Waals surface area (Å²) < 4.78 is 1.03. The van der Waals surface area contributed by atoms with Gasteiger partial charge in [-0.15, -0.1) is 0 Å². The molecule has 2 aromatic heterocycles. The highest BCUT2D eigenvalue weighted by Crippen LogP contribution is 2.21. The van der Waals surface area contributed by atoms with Crippen LogP contribution in [0.2, 0.25) is 0 Å². The molecule has 25 heavy (non-hydrogen) atoms. The summed E-state index contributed by atoms with van der Waals surface area (Å²) in [5.74, 6) is -0.995. The van der Waals surface area contributed by atoms with E-state index >= 15 is 0 Å². The molecule has 0 amide bonds. The molecule has 3 aromatic rings. The molecule has 0 fully saturated rings. The van der Waals surface area contributed by atoms with Crippen molar-refractivity contribution in [2.24, 2.45) is 0 Å². The fraction of sp³-hybridized carbons (Fsp3) is 0.150. The number of aryl methyl sites for hydroxylation is 2. The van der Waals surface area contributed by atoms with Gasteiger partial charge in [0.25, 0.3) is 0 Å². The van der Waals surface area contributed by atoms with Crippen LogP contribution >= 0.6 is 15.9 Å². The Kier molecular flexibility index (Phi) is 5.56. The van der Waals surface area contributed by atoms with Crippen molar-refractivity contribution in [2.45, 2.75) is 19.3 Å². The first-order chi connectivity index (χ1) is 12.1. The van der Waals surface area contributed by atoms with E-state index in [0.29, 0.717) is 0 Å². The van der Waals surface area contributed by atoms with Gasteiger partial charge in [0.1, 0.15) is 5.69 Å². The van der Waals surface area contributed by atoms with Gasteiger partial charge in [-0.25, -0.2) is 9.78 Å². The van der Waals surface area contributed by atoms with E-state index in [0.717, 1.165) is 46.4 Å². The van der Waals surface area contributed by atoms with Gasteiger partial charge in [-0.3, -0.25) is 4.98 Å². The van der Waals surface area contributed by atoms with Gasteiger partial charge in [0, 0.05) is 21.4 Å². The number of aromatic carboxylic acids is 1. The summed E-state index contributed by atoms with van der Waals surface area (Å²) >= 11 is 3.49. The molecule has 1 N–H and O–H groups in total. The molecule has 2 heterocycles. The van der Waals surface area contributed by atoms with Crippen LogP contribution in [0.4, 0.5) is 0 Å². The molecule has 5 heteroatoms. The number of halogens is 1. The molecule has 0 radical (unpaired) electrons. The van der Waals surface area contributed by atoms with Crippen LogP contribution in [0.25, 0.3) is 11.3 Å². The Morgan fingerprint density at radius 2 is 1.60 bits per heavy atom. The van der Waals surface area contributed by atoms with Crippen molar-refractivity contribution in [2.75, 3.05) is 0 Å². The summed E-state index contributed by atoms with van der Waals surface area (Å²) in [5, 5.41) is 9.00. The Labute approximate surface area is 154 Å². The van der Waals surface area contributed by atoms with Gasteiger partial charge < -0.3 is 5.11 Å². The second-order valence-corrected chi connectivity index (χ2v) is 6.61. The number of carboxylic acid groups (broad SMARTS) is 1. The van der Waals surface area contributed by atoms with Crippen molar-refractivity contribution in [1.29, 1.82) is 0 Å². The molecule has 1 aromatic carbocycles. The fourth-order valence-corrected chi connectivity index (χ4v) is 3.02. The number of carboxylic acids is 1. The Hall–Kier alpha value is -2.53.